The summed E-state index contributed by atoms with van der Waals surface area (Å²) in [5.74, 6) is -1.56. The van der Waals surface area contributed by atoms with Gasteiger partial charge in [0, 0.05) is 6.07 Å². The quantitative estimate of drug-likeness (QED) is 0.675. The predicted octanol–water partition coefficient (Wildman–Crippen LogP) is 3.01. The van der Waals surface area contributed by atoms with Crippen molar-refractivity contribution in [2.75, 3.05) is 0 Å². The summed E-state index contributed by atoms with van der Waals surface area (Å²) in [5, 5.41) is 19.2. The van der Waals surface area contributed by atoms with E-state index in [9.17, 15) is 19.3 Å². The zero-order valence-corrected chi connectivity index (χ0v) is 10.7. The molecule has 1 N–H and O–H groups in total. The summed E-state index contributed by atoms with van der Waals surface area (Å²) in [6.07, 6.45) is 0. The molecule has 2 rings (SSSR count). The van der Waals surface area contributed by atoms with E-state index in [-0.39, 0.29) is 12.2 Å². The van der Waals surface area contributed by atoms with Gasteiger partial charge >= 0.3 is 11.7 Å². The first-order chi connectivity index (χ1) is 9.97. The third-order valence-corrected chi connectivity index (χ3v) is 2.72. The van der Waals surface area contributed by atoms with Gasteiger partial charge in [0.2, 0.25) is 5.82 Å². The minimum atomic E-state index is -1.04. The molecule has 0 radical (unpaired) electrons. The number of carboxylic acid groups (broad SMARTS) is 1. The van der Waals surface area contributed by atoms with E-state index in [0.29, 0.717) is 11.3 Å². The minimum absolute atomic E-state index is 0.0152. The van der Waals surface area contributed by atoms with Crippen LogP contribution < -0.4 is 4.74 Å². The lowest BCUT2D eigenvalue weighted by Crippen LogP contribution is -1.99. The average Bonchev–Trinajstić information content (AvgIpc) is 2.45. The Morgan fingerprint density at radius 2 is 1.90 bits per heavy atom. The molecule has 0 heterocycles. The number of carboxylic acids is 1. The van der Waals surface area contributed by atoms with Crippen molar-refractivity contribution in [3.05, 3.63) is 69.5 Å². The molecule has 108 valence electrons. The van der Waals surface area contributed by atoms with Gasteiger partial charge < -0.3 is 9.84 Å². The third kappa shape index (κ3) is 3.53. The normalized spacial score (nSPS) is 10.1. The Morgan fingerprint density at radius 3 is 2.43 bits per heavy atom. The number of halogens is 1. The van der Waals surface area contributed by atoms with E-state index in [1.54, 1.807) is 0 Å². The molecular weight excluding hydrogens is 281 g/mol. The average molecular weight is 291 g/mol. The van der Waals surface area contributed by atoms with Crippen LogP contribution in [0.3, 0.4) is 0 Å². The van der Waals surface area contributed by atoms with Gasteiger partial charge in [-0.05, 0) is 42.0 Å². The van der Waals surface area contributed by atoms with Crippen molar-refractivity contribution in [3.8, 4) is 5.75 Å². The van der Waals surface area contributed by atoms with Crippen LogP contribution in [0.2, 0.25) is 0 Å². The molecular formula is C14H10FNO5. The smallest absolute Gasteiger partial charge is 0.335 e. The molecule has 0 aliphatic carbocycles. The SMILES string of the molecule is O=C(O)c1ccc(OCc2ccc([N+](=O)[O-])c(F)c2)cc1. The van der Waals surface area contributed by atoms with Crippen molar-refractivity contribution in [1.82, 2.24) is 0 Å². The first kappa shape index (κ1) is 14.4. The van der Waals surface area contributed by atoms with Crippen molar-refractivity contribution in [2.45, 2.75) is 6.61 Å². The fraction of sp³-hybridized carbons (Fsp3) is 0.0714. The van der Waals surface area contributed by atoms with Crippen LogP contribution in [0.25, 0.3) is 0 Å². The van der Waals surface area contributed by atoms with Crippen molar-refractivity contribution in [3.63, 3.8) is 0 Å². The maximum absolute atomic E-state index is 13.4. The zero-order valence-electron chi connectivity index (χ0n) is 10.7. The number of aromatic carboxylic acids is 1. The first-order valence-corrected chi connectivity index (χ1v) is 5.86. The van der Waals surface area contributed by atoms with E-state index in [1.807, 2.05) is 0 Å². The molecule has 7 heteroatoms. The lowest BCUT2D eigenvalue weighted by Gasteiger charge is -2.06. The van der Waals surface area contributed by atoms with Crippen molar-refractivity contribution >= 4 is 11.7 Å². The monoisotopic (exact) mass is 291 g/mol. The fourth-order valence-corrected chi connectivity index (χ4v) is 1.65. The number of benzene rings is 2. The second-order valence-corrected chi connectivity index (χ2v) is 4.16. The van der Waals surface area contributed by atoms with E-state index < -0.39 is 22.4 Å². The molecule has 0 spiro atoms. The first-order valence-electron chi connectivity index (χ1n) is 5.86. The molecule has 0 aliphatic rings. The highest BCUT2D eigenvalue weighted by Gasteiger charge is 2.13. The summed E-state index contributed by atoms with van der Waals surface area (Å²) in [4.78, 5) is 20.4. The maximum Gasteiger partial charge on any atom is 0.335 e. The number of hydrogen-bond acceptors (Lipinski definition) is 4. The van der Waals surface area contributed by atoms with Gasteiger partial charge in [-0.15, -0.1) is 0 Å². The van der Waals surface area contributed by atoms with Crippen LogP contribution in [-0.2, 0) is 6.61 Å². The third-order valence-electron chi connectivity index (χ3n) is 2.72. The van der Waals surface area contributed by atoms with E-state index in [1.165, 1.54) is 30.3 Å². The summed E-state index contributed by atoms with van der Waals surface area (Å²) in [6, 6.07) is 9.22. The Kier molecular flexibility index (Phi) is 4.13. The molecule has 2 aromatic rings. The Morgan fingerprint density at radius 1 is 1.24 bits per heavy atom. The molecule has 0 aromatic heterocycles. The Hall–Kier alpha value is -2.96. The van der Waals surface area contributed by atoms with E-state index in [4.69, 9.17) is 9.84 Å². The van der Waals surface area contributed by atoms with Crippen molar-refractivity contribution in [2.24, 2.45) is 0 Å². The molecule has 0 aliphatic heterocycles. The zero-order chi connectivity index (χ0) is 15.4. The molecule has 21 heavy (non-hydrogen) atoms. The van der Waals surface area contributed by atoms with Crippen molar-refractivity contribution < 1.29 is 24.0 Å². The number of rotatable bonds is 5. The molecule has 0 saturated carbocycles. The molecule has 0 fully saturated rings. The second kappa shape index (κ2) is 6.00. The fourth-order valence-electron chi connectivity index (χ4n) is 1.65. The summed E-state index contributed by atoms with van der Waals surface area (Å²) < 4.78 is 18.8. The van der Waals surface area contributed by atoms with Crippen LogP contribution in [0.1, 0.15) is 15.9 Å². The molecule has 0 bridgehead atoms. The van der Waals surface area contributed by atoms with Crippen LogP contribution in [0, 0.1) is 15.9 Å². The lowest BCUT2D eigenvalue weighted by atomic mass is 10.2. The van der Waals surface area contributed by atoms with E-state index in [2.05, 4.69) is 0 Å². The van der Waals surface area contributed by atoms with Crippen LogP contribution >= 0.6 is 0 Å². The minimum Gasteiger partial charge on any atom is -0.489 e. The van der Waals surface area contributed by atoms with Crippen molar-refractivity contribution in [1.29, 1.82) is 0 Å². The van der Waals surface area contributed by atoms with Gasteiger partial charge in [-0.3, -0.25) is 10.1 Å². The largest absolute Gasteiger partial charge is 0.489 e. The molecule has 0 unspecified atom stereocenters. The highest BCUT2D eigenvalue weighted by atomic mass is 19.1. The molecule has 2 aromatic carbocycles. The summed E-state index contributed by atoms with van der Waals surface area (Å²) >= 11 is 0. The van der Waals surface area contributed by atoms with Gasteiger partial charge in [0.15, 0.2) is 0 Å². The molecule has 0 amide bonds. The molecule has 0 saturated heterocycles. The van der Waals surface area contributed by atoms with E-state index >= 15 is 0 Å². The summed E-state index contributed by atoms with van der Waals surface area (Å²) in [5.41, 5.74) is -0.0336. The topological polar surface area (TPSA) is 89.7 Å². The number of hydrogen-bond donors (Lipinski definition) is 1. The number of nitro benzene ring substituents is 1. The van der Waals surface area contributed by atoms with Gasteiger partial charge in [0.1, 0.15) is 12.4 Å². The number of carbonyl (C=O) groups is 1. The van der Waals surface area contributed by atoms with Gasteiger partial charge in [0.05, 0.1) is 10.5 Å². The Balaban J connectivity index is 2.04. The number of nitro groups is 1. The summed E-state index contributed by atoms with van der Waals surface area (Å²) in [7, 11) is 0. The molecule has 6 nitrogen and oxygen atoms in total. The van der Waals surface area contributed by atoms with Gasteiger partial charge in [-0.2, -0.15) is 4.39 Å². The van der Waals surface area contributed by atoms with Gasteiger partial charge in [-0.1, -0.05) is 0 Å². The highest BCUT2D eigenvalue weighted by Crippen LogP contribution is 2.19. The van der Waals surface area contributed by atoms with Crippen LogP contribution in [0.5, 0.6) is 5.75 Å². The Bertz CT molecular complexity index is 684. The van der Waals surface area contributed by atoms with E-state index in [0.717, 1.165) is 12.1 Å². The molecule has 0 atom stereocenters. The van der Waals surface area contributed by atoms with Crippen LogP contribution in [-0.4, -0.2) is 16.0 Å². The summed E-state index contributed by atoms with van der Waals surface area (Å²) in [6.45, 7) is 0.0152. The number of ether oxygens (including phenoxy) is 1. The number of nitrogens with zero attached hydrogens (tertiary/aromatic N) is 1. The van der Waals surface area contributed by atoms with Crippen LogP contribution in [0.4, 0.5) is 10.1 Å². The Labute approximate surface area is 118 Å². The predicted molar refractivity (Wildman–Crippen MR) is 70.8 cm³/mol. The van der Waals surface area contributed by atoms with Crippen LogP contribution in [0.15, 0.2) is 42.5 Å². The lowest BCUT2D eigenvalue weighted by molar-refractivity contribution is -0.387. The standard InChI is InChI=1S/C14H10FNO5/c15-12-7-9(1-6-13(12)16(19)20)8-21-11-4-2-10(3-5-11)14(17)18/h1-7H,8H2,(H,17,18). The maximum atomic E-state index is 13.4. The van der Waals surface area contributed by atoms with Gasteiger partial charge in [0.25, 0.3) is 0 Å². The highest BCUT2D eigenvalue weighted by molar-refractivity contribution is 5.87. The van der Waals surface area contributed by atoms with Gasteiger partial charge in [-0.25, -0.2) is 4.79 Å². The second-order valence-electron chi connectivity index (χ2n) is 4.16.